The zero-order chi connectivity index (χ0) is 15.7. The molecule has 0 aromatic carbocycles. The van der Waals surface area contributed by atoms with E-state index in [1.54, 1.807) is 26.0 Å². The lowest BCUT2D eigenvalue weighted by atomic mass is 9.90. The average molecular weight is 294 g/mol. The Morgan fingerprint density at radius 3 is 1.67 bits per heavy atom. The van der Waals surface area contributed by atoms with Gasteiger partial charge in [-0.3, -0.25) is 9.59 Å². The summed E-state index contributed by atoms with van der Waals surface area (Å²) in [6.45, 7) is 8.28. The molecule has 2 rings (SSSR count). The lowest BCUT2D eigenvalue weighted by Crippen LogP contribution is -2.39. The largest absolute Gasteiger partial charge is 0.464 e. The molecule has 4 heteroatoms. The first-order chi connectivity index (χ1) is 9.73. The van der Waals surface area contributed by atoms with Crippen LogP contribution >= 0.6 is 0 Å². The third kappa shape index (κ3) is 3.86. The van der Waals surface area contributed by atoms with Crippen LogP contribution in [0.15, 0.2) is 12.2 Å². The summed E-state index contributed by atoms with van der Waals surface area (Å²) in [5, 5.41) is 0. The monoisotopic (exact) mass is 294 g/mol. The van der Waals surface area contributed by atoms with Gasteiger partial charge in [0.05, 0.1) is 13.2 Å². The maximum atomic E-state index is 12.3. The lowest BCUT2D eigenvalue weighted by molar-refractivity contribution is -0.169. The van der Waals surface area contributed by atoms with E-state index < -0.39 is 17.4 Å². The van der Waals surface area contributed by atoms with E-state index in [1.807, 2.05) is 0 Å². The Morgan fingerprint density at radius 2 is 1.38 bits per heavy atom. The fourth-order valence-corrected chi connectivity index (χ4v) is 2.05. The molecule has 0 saturated heterocycles. The lowest BCUT2D eigenvalue weighted by Gasteiger charge is -2.24. The summed E-state index contributed by atoms with van der Waals surface area (Å²) < 4.78 is 10.7. The molecule has 0 radical (unpaired) electrons. The van der Waals surface area contributed by atoms with Crippen molar-refractivity contribution in [3.05, 3.63) is 12.2 Å². The Hall–Kier alpha value is -1.32. The third-order valence-corrected chi connectivity index (χ3v) is 4.66. The molecule has 2 fully saturated rings. The van der Waals surface area contributed by atoms with E-state index in [1.165, 1.54) is 0 Å². The van der Waals surface area contributed by atoms with E-state index in [-0.39, 0.29) is 10.8 Å². The normalized spacial score (nSPS) is 21.9. The predicted molar refractivity (Wildman–Crippen MR) is 79.5 cm³/mol. The smallest absolute Gasteiger partial charge is 0.327 e. The Balaban J connectivity index is 1.95. The number of rotatable bonds is 7. The molecule has 0 amide bonds. The molecular formula is C17H26O4. The summed E-state index contributed by atoms with van der Waals surface area (Å²) in [6, 6.07) is 0. The van der Waals surface area contributed by atoms with Crippen LogP contribution in [0, 0.1) is 16.2 Å². The van der Waals surface area contributed by atoms with E-state index in [9.17, 15) is 9.59 Å². The predicted octanol–water partition coefficient (Wildman–Crippen LogP) is 3.26. The van der Waals surface area contributed by atoms with Crippen molar-refractivity contribution >= 4 is 11.9 Å². The highest BCUT2D eigenvalue weighted by molar-refractivity contribution is 6.01. The molecule has 2 saturated carbocycles. The van der Waals surface area contributed by atoms with Gasteiger partial charge in [0.2, 0.25) is 0 Å². The van der Waals surface area contributed by atoms with Crippen molar-refractivity contribution in [2.24, 2.45) is 16.2 Å². The average Bonchev–Trinajstić information content (AvgIpc) is 3.34. The molecule has 4 nitrogen and oxygen atoms in total. The first kappa shape index (κ1) is 16.1. The van der Waals surface area contributed by atoms with Gasteiger partial charge < -0.3 is 9.47 Å². The zero-order valence-electron chi connectivity index (χ0n) is 13.5. The van der Waals surface area contributed by atoms with E-state index in [0.29, 0.717) is 13.2 Å². The maximum Gasteiger partial charge on any atom is 0.327 e. The maximum absolute atomic E-state index is 12.3. The van der Waals surface area contributed by atoms with E-state index in [0.717, 1.165) is 25.7 Å². The van der Waals surface area contributed by atoms with Gasteiger partial charge >= 0.3 is 11.9 Å². The molecule has 2 aliphatic rings. The van der Waals surface area contributed by atoms with E-state index >= 15 is 0 Å². The van der Waals surface area contributed by atoms with Crippen LogP contribution in [0.4, 0.5) is 0 Å². The van der Waals surface area contributed by atoms with Gasteiger partial charge in [0.25, 0.3) is 0 Å². The van der Waals surface area contributed by atoms with Crippen molar-refractivity contribution in [2.75, 3.05) is 13.2 Å². The molecule has 0 aliphatic heterocycles. The summed E-state index contributed by atoms with van der Waals surface area (Å²) in [7, 11) is 0. The molecule has 0 unspecified atom stereocenters. The van der Waals surface area contributed by atoms with Crippen LogP contribution < -0.4 is 0 Å². The van der Waals surface area contributed by atoms with E-state index in [4.69, 9.17) is 9.47 Å². The zero-order valence-corrected chi connectivity index (χ0v) is 13.5. The molecular weight excluding hydrogens is 268 g/mol. The van der Waals surface area contributed by atoms with Crippen LogP contribution in [0.5, 0.6) is 0 Å². The highest BCUT2D eigenvalue weighted by Crippen LogP contribution is 2.46. The second kappa shape index (κ2) is 5.47. The van der Waals surface area contributed by atoms with Crippen molar-refractivity contribution < 1.29 is 19.1 Å². The fraction of sp³-hybridized carbons (Fsp3) is 0.765. The first-order valence-corrected chi connectivity index (χ1v) is 7.71. The van der Waals surface area contributed by atoms with Crippen molar-refractivity contribution in [3.8, 4) is 0 Å². The first-order valence-electron chi connectivity index (χ1n) is 7.71. The Bertz CT molecular complexity index is 421. The Morgan fingerprint density at radius 1 is 1.00 bits per heavy atom. The summed E-state index contributed by atoms with van der Waals surface area (Å²) in [4.78, 5) is 24.7. The molecule has 0 bridgehead atoms. The van der Waals surface area contributed by atoms with Gasteiger partial charge in [0, 0.05) is 10.8 Å². The standard InChI is InChI=1S/C17H26O4/c1-5-6-17(4,13(18)20-11-15(2)7-8-15)14(19)21-12-16(3)9-10-16/h5-6H,7-12H2,1-4H3. The molecule has 0 atom stereocenters. The molecule has 21 heavy (non-hydrogen) atoms. The number of allylic oxidation sites excluding steroid dienone is 1. The van der Waals surface area contributed by atoms with Crippen molar-refractivity contribution in [1.82, 2.24) is 0 Å². The van der Waals surface area contributed by atoms with Gasteiger partial charge in [-0.2, -0.15) is 0 Å². The fourth-order valence-electron chi connectivity index (χ4n) is 2.05. The van der Waals surface area contributed by atoms with Crippen molar-refractivity contribution in [2.45, 2.75) is 53.4 Å². The summed E-state index contributed by atoms with van der Waals surface area (Å²) in [6.07, 6.45) is 7.56. The number of ether oxygens (including phenoxy) is 2. The quantitative estimate of drug-likeness (QED) is 0.411. The van der Waals surface area contributed by atoms with Gasteiger partial charge in [0.1, 0.15) is 0 Å². The molecule has 118 valence electrons. The molecule has 0 N–H and O–H groups in total. The minimum atomic E-state index is -1.34. The van der Waals surface area contributed by atoms with Crippen LogP contribution in [0.25, 0.3) is 0 Å². The number of hydrogen-bond donors (Lipinski definition) is 0. The summed E-state index contributed by atoms with van der Waals surface area (Å²) >= 11 is 0. The molecule has 0 spiro atoms. The van der Waals surface area contributed by atoms with E-state index in [2.05, 4.69) is 13.8 Å². The highest BCUT2D eigenvalue weighted by atomic mass is 16.6. The second-order valence-corrected chi connectivity index (χ2v) is 7.48. The van der Waals surface area contributed by atoms with Gasteiger partial charge in [-0.25, -0.2) is 0 Å². The summed E-state index contributed by atoms with van der Waals surface area (Å²) in [5.41, 5.74) is -1.12. The Kier molecular flexibility index (Phi) is 4.18. The number of hydrogen-bond acceptors (Lipinski definition) is 4. The van der Waals surface area contributed by atoms with Crippen LogP contribution in [0.2, 0.25) is 0 Å². The van der Waals surface area contributed by atoms with Crippen LogP contribution in [-0.4, -0.2) is 25.2 Å². The molecule has 2 aliphatic carbocycles. The van der Waals surface area contributed by atoms with Crippen molar-refractivity contribution in [3.63, 3.8) is 0 Å². The number of esters is 2. The second-order valence-electron chi connectivity index (χ2n) is 7.48. The van der Waals surface area contributed by atoms with Crippen molar-refractivity contribution in [1.29, 1.82) is 0 Å². The SMILES string of the molecule is CC=CC(C)(C(=O)OCC1(C)CC1)C(=O)OCC1(C)CC1. The van der Waals surface area contributed by atoms with Crippen LogP contribution in [0.3, 0.4) is 0 Å². The molecule has 0 aromatic heterocycles. The van der Waals surface area contributed by atoms with Gasteiger partial charge in [0.15, 0.2) is 5.41 Å². The number of carbonyl (C=O) groups is 2. The van der Waals surface area contributed by atoms with Crippen LogP contribution in [-0.2, 0) is 19.1 Å². The molecule has 0 heterocycles. The van der Waals surface area contributed by atoms with Gasteiger partial charge in [-0.15, -0.1) is 0 Å². The van der Waals surface area contributed by atoms with Gasteiger partial charge in [-0.1, -0.05) is 26.0 Å². The molecule has 0 aromatic rings. The topological polar surface area (TPSA) is 52.6 Å². The third-order valence-electron chi connectivity index (χ3n) is 4.66. The Labute approximate surface area is 126 Å². The minimum absolute atomic E-state index is 0.109. The summed E-state index contributed by atoms with van der Waals surface area (Å²) in [5.74, 6) is -1.03. The van der Waals surface area contributed by atoms with Crippen LogP contribution in [0.1, 0.15) is 53.4 Å². The highest BCUT2D eigenvalue weighted by Gasteiger charge is 2.46. The number of carbonyl (C=O) groups excluding carboxylic acids is 2. The minimum Gasteiger partial charge on any atom is -0.464 e. The van der Waals surface area contributed by atoms with Gasteiger partial charge in [-0.05, 0) is 39.5 Å².